The molecule has 0 saturated heterocycles. The van der Waals surface area contributed by atoms with E-state index in [2.05, 4.69) is 22.4 Å². The Labute approximate surface area is 91.7 Å². The molecule has 0 aliphatic heterocycles. The van der Waals surface area contributed by atoms with Crippen molar-refractivity contribution in [3.63, 3.8) is 0 Å². The molecule has 0 heterocycles. The van der Waals surface area contributed by atoms with Crippen molar-refractivity contribution in [2.75, 3.05) is 0 Å². The third kappa shape index (κ3) is 2.30. The number of hydrogen-bond donors (Lipinski definition) is 1. The first-order chi connectivity index (χ1) is 7.31. The molecule has 0 spiro atoms. The molecule has 2 aromatic rings. The molecular formula is C11H10O3S. The topological polar surface area (TPSA) is 38.7 Å². The van der Waals surface area contributed by atoms with E-state index in [4.69, 9.17) is 5.26 Å². The van der Waals surface area contributed by atoms with Gasteiger partial charge in [-0.1, -0.05) is 29.3 Å². The molecule has 0 amide bonds. The minimum atomic E-state index is 0.877. The van der Waals surface area contributed by atoms with E-state index in [1.54, 1.807) is 0 Å². The predicted octanol–water partition coefficient (Wildman–Crippen LogP) is 3.58. The number of rotatable bonds is 3. The molecule has 2 aromatic carbocycles. The molecule has 78 valence electrons. The van der Waals surface area contributed by atoms with Crippen molar-refractivity contribution >= 4 is 22.8 Å². The van der Waals surface area contributed by atoms with Gasteiger partial charge in [-0.25, -0.2) is 5.26 Å². The normalized spacial score (nSPS) is 10.8. The molecule has 0 aliphatic rings. The Hall–Kier alpha value is -1.07. The molecule has 0 aliphatic carbocycles. The van der Waals surface area contributed by atoms with Gasteiger partial charge in [-0.15, -0.1) is 4.33 Å². The van der Waals surface area contributed by atoms with Crippen LogP contribution in [-0.2, 0) is 9.37 Å². The van der Waals surface area contributed by atoms with Crippen LogP contribution in [0.3, 0.4) is 0 Å². The summed E-state index contributed by atoms with van der Waals surface area (Å²) >= 11 is 0.969. The zero-order valence-corrected chi connectivity index (χ0v) is 8.95. The highest BCUT2D eigenvalue weighted by Crippen LogP contribution is 2.25. The highest BCUT2D eigenvalue weighted by Gasteiger charge is 2.00. The van der Waals surface area contributed by atoms with Crippen LogP contribution in [0.2, 0.25) is 0 Å². The minimum Gasteiger partial charge on any atom is -0.220 e. The first kappa shape index (κ1) is 10.4. The summed E-state index contributed by atoms with van der Waals surface area (Å²) in [6.07, 6.45) is 0. The molecule has 0 fully saturated rings. The van der Waals surface area contributed by atoms with E-state index in [1.807, 2.05) is 30.3 Å². The highest BCUT2D eigenvalue weighted by molar-refractivity contribution is 7.94. The van der Waals surface area contributed by atoms with Crippen LogP contribution in [0.1, 0.15) is 5.56 Å². The number of aryl methyl sites for hydroxylation is 1. The molecule has 0 atom stereocenters. The number of hydrogen-bond acceptors (Lipinski definition) is 4. The standard InChI is InChI=1S/C11H10O3S/c1-8-3-2-4-9-7-10(15-14-13-12)5-6-11(8)9/h2-7,12H,1H3. The maximum absolute atomic E-state index is 8.04. The van der Waals surface area contributed by atoms with Crippen LogP contribution in [0.15, 0.2) is 41.3 Å². The Morgan fingerprint density at radius 3 is 2.87 bits per heavy atom. The fraction of sp³-hybridized carbons (Fsp3) is 0.0909. The summed E-state index contributed by atoms with van der Waals surface area (Å²) in [5.74, 6) is 0. The Bertz CT molecular complexity index is 470. The minimum absolute atomic E-state index is 0.877. The molecule has 3 nitrogen and oxygen atoms in total. The van der Waals surface area contributed by atoms with Gasteiger partial charge < -0.3 is 0 Å². The van der Waals surface area contributed by atoms with Crippen LogP contribution in [0, 0.1) is 6.92 Å². The SMILES string of the molecule is Cc1cccc2cc(SOOO)ccc12. The lowest BCUT2D eigenvalue weighted by Gasteiger charge is -2.03. The molecule has 0 aromatic heterocycles. The third-order valence-corrected chi connectivity index (χ3v) is 2.81. The van der Waals surface area contributed by atoms with Crippen LogP contribution in [0.25, 0.3) is 10.8 Å². The summed E-state index contributed by atoms with van der Waals surface area (Å²) in [5.41, 5.74) is 1.24. The predicted molar refractivity (Wildman–Crippen MR) is 59.3 cm³/mol. The quantitative estimate of drug-likeness (QED) is 0.489. The van der Waals surface area contributed by atoms with E-state index in [0.29, 0.717) is 0 Å². The summed E-state index contributed by atoms with van der Waals surface area (Å²) in [6.45, 7) is 2.07. The van der Waals surface area contributed by atoms with Gasteiger partial charge in [0.15, 0.2) is 0 Å². The van der Waals surface area contributed by atoms with Gasteiger partial charge in [0, 0.05) is 4.90 Å². The van der Waals surface area contributed by atoms with Crippen molar-refractivity contribution in [2.24, 2.45) is 0 Å². The Kier molecular flexibility index (Phi) is 3.23. The van der Waals surface area contributed by atoms with Crippen molar-refractivity contribution in [3.8, 4) is 0 Å². The van der Waals surface area contributed by atoms with Crippen molar-refractivity contribution in [1.82, 2.24) is 0 Å². The summed E-state index contributed by atoms with van der Waals surface area (Å²) in [6, 6.07) is 12.0. The van der Waals surface area contributed by atoms with Crippen LogP contribution in [0.5, 0.6) is 0 Å². The van der Waals surface area contributed by atoms with Crippen molar-refractivity contribution in [3.05, 3.63) is 42.0 Å². The van der Waals surface area contributed by atoms with E-state index in [-0.39, 0.29) is 0 Å². The molecule has 0 bridgehead atoms. The van der Waals surface area contributed by atoms with Crippen molar-refractivity contribution in [1.29, 1.82) is 0 Å². The maximum atomic E-state index is 8.04. The Balaban J connectivity index is 2.39. The lowest BCUT2D eigenvalue weighted by atomic mass is 10.1. The zero-order chi connectivity index (χ0) is 10.7. The fourth-order valence-electron chi connectivity index (χ4n) is 1.53. The first-order valence-electron chi connectivity index (χ1n) is 4.45. The van der Waals surface area contributed by atoms with Gasteiger partial charge >= 0.3 is 0 Å². The van der Waals surface area contributed by atoms with Crippen molar-refractivity contribution < 1.29 is 14.6 Å². The molecule has 2 rings (SSSR count). The van der Waals surface area contributed by atoms with Crippen LogP contribution in [0.4, 0.5) is 0 Å². The summed E-state index contributed by atoms with van der Waals surface area (Å²) < 4.78 is 4.37. The third-order valence-electron chi connectivity index (χ3n) is 2.23. The van der Waals surface area contributed by atoms with Crippen LogP contribution < -0.4 is 0 Å². The summed E-state index contributed by atoms with van der Waals surface area (Å²) in [4.78, 5) is 0.877. The Morgan fingerprint density at radius 2 is 2.07 bits per heavy atom. The molecule has 0 radical (unpaired) electrons. The zero-order valence-electron chi connectivity index (χ0n) is 8.14. The molecular weight excluding hydrogens is 212 g/mol. The van der Waals surface area contributed by atoms with Crippen molar-refractivity contribution in [2.45, 2.75) is 11.8 Å². The lowest BCUT2D eigenvalue weighted by molar-refractivity contribution is -0.432. The van der Waals surface area contributed by atoms with Gasteiger partial charge in [-0.05, 0) is 35.4 Å². The van der Waals surface area contributed by atoms with Gasteiger partial charge in [0.25, 0.3) is 0 Å². The van der Waals surface area contributed by atoms with E-state index >= 15 is 0 Å². The van der Waals surface area contributed by atoms with Crippen LogP contribution >= 0.6 is 12.0 Å². The second-order valence-electron chi connectivity index (χ2n) is 3.18. The maximum Gasteiger partial charge on any atom is 0.0714 e. The molecule has 0 saturated carbocycles. The smallest absolute Gasteiger partial charge is 0.0714 e. The van der Waals surface area contributed by atoms with Gasteiger partial charge in [0.05, 0.1) is 12.0 Å². The van der Waals surface area contributed by atoms with E-state index in [1.165, 1.54) is 10.9 Å². The molecule has 1 N–H and O–H groups in total. The van der Waals surface area contributed by atoms with E-state index < -0.39 is 0 Å². The van der Waals surface area contributed by atoms with Gasteiger partial charge in [-0.2, -0.15) is 0 Å². The second-order valence-corrected chi connectivity index (χ2v) is 3.96. The highest BCUT2D eigenvalue weighted by atomic mass is 32.2. The largest absolute Gasteiger partial charge is 0.220 e. The monoisotopic (exact) mass is 222 g/mol. The summed E-state index contributed by atoms with van der Waals surface area (Å²) in [7, 11) is 0. The lowest BCUT2D eigenvalue weighted by Crippen LogP contribution is -1.81. The van der Waals surface area contributed by atoms with Crippen LogP contribution in [-0.4, -0.2) is 5.26 Å². The fourth-order valence-corrected chi connectivity index (χ4v) is 1.94. The second kappa shape index (κ2) is 4.63. The average Bonchev–Trinajstić information content (AvgIpc) is 2.26. The first-order valence-corrected chi connectivity index (χ1v) is 5.19. The average molecular weight is 222 g/mol. The van der Waals surface area contributed by atoms with Gasteiger partial charge in [0.2, 0.25) is 0 Å². The summed E-state index contributed by atoms with van der Waals surface area (Å²) in [5, 5.41) is 13.9. The molecule has 4 heteroatoms. The van der Waals surface area contributed by atoms with Gasteiger partial charge in [0.1, 0.15) is 0 Å². The van der Waals surface area contributed by atoms with E-state index in [9.17, 15) is 0 Å². The molecule has 0 unspecified atom stereocenters. The van der Waals surface area contributed by atoms with Gasteiger partial charge in [-0.3, -0.25) is 0 Å². The molecule has 15 heavy (non-hydrogen) atoms. The Morgan fingerprint density at radius 1 is 1.20 bits per heavy atom. The van der Waals surface area contributed by atoms with E-state index in [0.717, 1.165) is 22.3 Å². The number of benzene rings is 2. The number of fused-ring (bicyclic) bond motifs is 1.